The maximum absolute atomic E-state index is 12.8. The van der Waals surface area contributed by atoms with Crippen molar-refractivity contribution in [3.8, 4) is 5.75 Å². The maximum atomic E-state index is 12.8. The molecule has 3 rings (SSSR count). The average Bonchev–Trinajstić information content (AvgIpc) is 2.99. The number of hydrogen-bond donors (Lipinski definition) is 1. The van der Waals surface area contributed by atoms with E-state index in [4.69, 9.17) is 21.1 Å². The van der Waals surface area contributed by atoms with E-state index in [1.165, 1.54) is 4.90 Å². The molecule has 1 atom stereocenters. The Morgan fingerprint density at radius 3 is 2.31 bits per heavy atom. The number of methoxy groups -OCH3 is 2. The molecule has 2 aromatic rings. The van der Waals surface area contributed by atoms with Crippen LogP contribution in [0.3, 0.4) is 0 Å². The lowest BCUT2D eigenvalue weighted by atomic mass is 9.95. The highest BCUT2D eigenvalue weighted by Gasteiger charge is 2.45. The molecule has 0 spiro atoms. The Labute approximate surface area is 174 Å². The number of aliphatic hydroxyl groups is 1. The van der Waals surface area contributed by atoms with Gasteiger partial charge in [-0.25, -0.2) is 0 Å². The highest BCUT2D eigenvalue weighted by molar-refractivity contribution is 6.46. The van der Waals surface area contributed by atoms with Crippen molar-refractivity contribution >= 4 is 29.1 Å². The van der Waals surface area contributed by atoms with E-state index in [0.29, 0.717) is 41.5 Å². The molecule has 29 heavy (non-hydrogen) atoms. The number of rotatable bonds is 7. The van der Waals surface area contributed by atoms with Crippen molar-refractivity contribution in [2.45, 2.75) is 12.5 Å². The number of hydrogen-bond acceptors (Lipinski definition) is 5. The first-order valence-electron chi connectivity index (χ1n) is 9.15. The fourth-order valence-electron chi connectivity index (χ4n) is 3.39. The van der Waals surface area contributed by atoms with Crippen LogP contribution in [0.1, 0.15) is 23.6 Å². The van der Waals surface area contributed by atoms with Gasteiger partial charge in [0.1, 0.15) is 11.5 Å². The van der Waals surface area contributed by atoms with Crippen LogP contribution in [-0.2, 0) is 14.3 Å². The number of benzene rings is 2. The molecule has 1 N–H and O–H groups in total. The normalized spacial score (nSPS) is 18.3. The van der Waals surface area contributed by atoms with Crippen molar-refractivity contribution in [3.05, 3.63) is 70.3 Å². The first-order chi connectivity index (χ1) is 14.0. The number of nitrogens with zero attached hydrogens (tertiary/aromatic N) is 1. The summed E-state index contributed by atoms with van der Waals surface area (Å²) in [6, 6.07) is 12.8. The van der Waals surface area contributed by atoms with Gasteiger partial charge < -0.3 is 19.5 Å². The van der Waals surface area contributed by atoms with Crippen LogP contribution in [0, 0.1) is 0 Å². The summed E-state index contributed by atoms with van der Waals surface area (Å²) < 4.78 is 10.3. The average molecular weight is 416 g/mol. The third-order valence-corrected chi connectivity index (χ3v) is 5.09. The smallest absolute Gasteiger partial charge is 0.295 e. The second kappa shape index (κ2) is 9.11. The highest BCUT2D eigenvalue weighted by atomic mass is 35.5. The van der Waals surface area contributed by atoms with Crippen molar-refractivity contribution in [1.82, 2.24) is 4.90 Å². The van der Waals surface area contributed by atoms with E-state index in [0.717, 1.165) is 0 Å². The molecule has 1 aliphatic rings. The molecule has 0 saturated carbocycles. The second-order valence-corrected chi connectivity index (χ2v) is 7.06. The van der Waals surface area contributed by atoms with E-state index in [2.05, 4.69) is 0 Å². The first-order valence-corrected chi connectivity index (χ1v) is 9.53. The van der Waals surface area contributed by atoms with Crippen LogP contribution in [0.15, 0.2) is 54.1 Å². The van der Waals surface area contributed by atoms with E-state index >= 15 is 0 Å². The van der Waals surface area contributed by atoms with E-state index in [-0.39, 0.29) is 11.3 Å². The quantitative estimate of drug-likeness (QED) is 0.322. The number of ketones is 1. The van der Waals surface area contributed by atoms with Crippen molar-refractivity contribution in [2.24, 2.45) is 0 Å². The number of Topliss-reactive ketones (excluding diaryl/α,β-unsaturated/α-hetero) is 1. The lowest BCUT2D eigenvalue weighted by Crippen LogP contribution is -2.31. The van der Waals surface area contributed by atoms with Crippen molar-refractivity contribution in [2.75, 3.05) is 27.4 Å². The monoisotopic (exact) mass is 415 g/mol. The van der Waals surface area contributed by atoms with Gasteiger partial charge in [-0.2, -0.15) is 0 Å². The Morgan fingerprint density at radius 1 is 1.07 bits per heavy atom. The minimum Gasteiger partial charge on any atom is -0.507 e. The van der Waals surface area contributed by atoms with Gasteiger partial charge in [0.05, 0.1) is 18.7 Å². The van der Waals surface area contributed by atoms with E-state index in [9.17, 15) is 14.7 Å². The SMILES string of the molecule is COCCCN1C(=O)C(=O)C(=C(O)c2ccc(Cl)cc2)C1c1ccc(OC)cc1. The summed E-state index contributed by atoms with van der Waals surface area (Å²) in [5.41, 5.74) is 1.18. The molecule has 1 saturated heterocycles. The van der Waals surface area contributed by atoms with Gasteiger partial charge in [-0.1, -0.05) is 23.7 Å². The minimum atomic E-state index is -0.712. The maximum Gasteiger partial charge on any atom is 0.295 e. The topological polar surface area (TPSA) is 76.1 Å². The molecule has 1 fully saturated rings. The summed E-state index contributed by atoms with van der Waals surface area (Å²) in [6.07, 6.45) is 0.567. The molecule has 1 heterocycles. The molecule has 152 valence electrons. The van der Waals surface area contributed by atoms with Crippen molar-refractivity contribution in [3.63, 3.8) is 0 Å². The van der Waals surface area contributed by atoms with Crippen LogP contribution < -0.4 is 4.74 Å². The van der Waals surface area contributed by atoms with Crippen LogP contribution in [0.5, 0.6) is 5.75 Å². The Morgan fingerprint density at radius 2 is 1.72 bits per heavy atom. The summed E-state index contributed by atoms with van der Waals surface area (Å²) in [4.78, 5) is 27.1. The van der Waals surface area contributed by atoms with Gasteiger partial charge in [0, 0.05) is 30.8 Å². The molecular weight excluding hydrogens is 394 g/mol. The number of likely N-dealkylation sites (tertiary alicyclic amines) is 1. The molecule has 1 aliphatic heterocycles. The van der Waals surface area contributed by atoms with Crippen LogP contribution in [0.25, 0.3) is 5.76 Å². The summed E-state index contributed by atoms with van der Waals surface area (Å²) in [5.74, 6) is -0.925. The zero-order chi connectivity index (χ0) is 21.0. The van der Waals surface area contributed by atoms with Crippen LogP contribution in [-0.4, -0.2) is 49.1 Å². The number of ether oxygens (including phenoxy) is 2. The van der Waals surface area contributed by atoms with Gasteiger partial charge in [0.2, 0.25) is 0 Å². The third-order valence-electron chi connectivity index (χ3n) is 4.84. The Bertz CT molecular complexity index is 921. The minimum absolute atomic E-state index is 0.0555. The zero-order valence-electron chi connectivity index (χ0n) is 16.2. The highest BCUT2D eigenvalue weighted by Crippen LogP contribution is 2.39. The lowest BCUT2D eigenvalue weighted by Gasteiger charge is -2.25. The number of carbonyl (C=O) groups is 2. The fraction of sp³-hybridized carbons (Fsp3) is 0.273. The molecule has 2 aromatic carbocycles. The number of carbonyl (C=O) groups excluding carboxylic acids is 2. The standard InChI is InChI=1S/C22H22ClNO5/c1-28-13-3-12-24-19(14-6-10-17(29-2)11-7-14)18(21(26)22(24)27)20(25)15-4-8-16(23)9-5-15/h4-11,19,25H,3,12-13H2,1-2H3. The number of amides is 1. The molecular formula is C22H22ClNO5. The van der Waals surface area contributed by atoms with Gasteiger partial charge in [-0.15, -0.1) is 0 Å². The van der Waals surface area contributed by atoms with Gasteiger partial charge in [0.15, 0.2) is 0 Å². The van der Waals surface area contributed by atoms with Crippen molar-refractivity contribution < 1.29 is 24.2 Å². The van der Waals surface area contributed by atoms with Crippen LogP contribution >= 0.6 is 11.6 Å². The lowest BCUT2D eigenvalue weighted by molar-refractivity contribution is -0.140. The zero-order valence-corrected chi connectivity index (χ0v) is 17.0. The second-order valence-electron chi connectivity index (χ2n) is 6.62. The van der Waals surface area contributed by atoms with E-state index < -0.39 is 17.7 Å². The molecule has 7 heteroatoms. The predicted molar refractivity (Wildman–Crippen MR) is 110 cm³/mol. The Hall–Kier alpha value is -2.83. The first kappa shape index (κ1) is 20.9. The molecule has 1 unspecified atom stereocenters. The van der Waals surface area contributed by atoms with E-state index in [1.807, 2.05) is 0 Å². The third kappa shape index (κ3) is 4.28. The Balaban J connectivity index is 2.09. The fourth-order valence-corrected chi connectivity index (χ4v) is 3.51. The number of aliphatic hydroxyl groups excluding tert-OH is 1. The molecule has 6 nitrogen and oxygen atoms in total. The van der Waals surface area contributed by atoms with E-state index in [1.54, 1.807) is 62.8 Å². The summed E-state index contributed by atoms with van der Waals surface area (Å²) in [6.45, 7) is 0.780. The molecule has 1 amide bonds. The summed E-state index contributed by atoms with van der Waals surface area (Å²) in [5, 5.41) is 11.4. The van der Waals surface area contributed by atoms with Crippen LogP contribution in [0.2, 0.25) is 5.02 Å². The van der Waals surface area contributed by atoms with Gasteiger partial charge >= 0.3 is 0 Å². The van der Waals surface area contributed by atoms with Gasteiger partial charge in [-0.3, -0.25) is 9.59 Å². The number of halogens is 1. The molecule has 0 bridgehead atoms. The van der Waals surface area contributed by atoms with Crippen molar-refractivity contribution in [1.29, 1.82) is 0 Å². The van der Waals surface area contributed by atoms with Gasteiger partial charge in [0.25, 0.3) is 11.7 Å². The van der Waals surface area contributed by atoms with Crippen LogP contribution in [0.4, 0.5) is 0 Å². The molecule has 0 aromatic heterocycles. The molecule has 0 radical (unpaired) electrons. The summed E-state index contributed by atoms with van der Waals surface area (Å²) in [7, 11) is 3.14. The predicted octanol–water partition coefficient (Wildman–Crippen LogP) is 3.81. The largest absolute Gasteiger partial charge is 0.507 e. The van der Waals surface area contributed by atoms with Gasteiger partial charge in [-0.05, 0) is 48.4 Å². The summed E-state index contributed by atoms with van der Waals surface area (Å²) >= 11 is 5.92. The Kier molecular flexibility index (Phi) is 6.56. The molecule has 0 aliphatic carbocycles.